The van der Waals surface area contributed by atoms with Crippen molar-refractivity contribution >= 4 is 5.91 Å². The minimum Gasteiger partial charge on any atom is -0.348 e. The smallest absolute Gasteiger partial charge is 0.237 e. The average Bonchev–Trinajstić information content (AvgIpc) is 2.42. The largest absolute Gasteiger partial charge is 0.348 e. The maximum Gasteiger partial charge on any atom is 0.237 e. The summed E-state index contributed by atoms with van der Waals surface area (Å²) in [6.45, 7) is 4.50. The SMILES string of the molecule is Cc1ccc(C(C)NC(=O)[C@H]2CCCCN2)cc1F. The molecule has 1 aromatic carbocycles. The summed E-state index contributed by atoms with van der Waals surface area (Å²) >= 11 is 0. The van der Waals surface area contributed by atoms with E-state index in [4.69, 9.17) is 0 Å². The second-order valence-corrected chi connectivity index (χ2v) is 5.24. The summed E-state index contributed by atoms with van der Waals surface area (Å²) < 4.78 is 13.5. The van der Waals surface area contributed by atoms with Crippen LogP contribution in [-0.4, -0.2) is 18.5 Å². The molecule has 19 heavy (non-hydrogen) atoms. The first-order chi connectivity index (χ1) is 9.08. The van der Waals surface area contributed by atoms with Crippen LogP contribution in [0.3, 0.4) is 0 Å². The number of halogens is 1. The molecule has 2 rings (SSSR count). The first-order valence-electron chi connectivity index (χ1n) is 6.87. The lowest BCUT2D eigenvalue weighted by atomic mass is 10.0. The molecule has 1 amide bonds. The number of hydrogen-bond acceptors (Lipinski definition) is 2. The highest BCUT2D eigenvalue weighted by Gasteiger charge is 2.22. The van der Waals surface area contributed by atoms with E-state index in [-0.39, 0.29) is 23.8 Å². The van der Waals surface area contributed by atoms with Gasteiger partial charge in [-0.1, -0.05) is 18.6 Å². The summed E-state index contributed by atoms with van der Waals surface area (Å²) in [5.41, 5.74) is 1.42. The van der Waals surface area contributed by atoms with Crippen LogP contribution in [0.25, 0.3) is 0 Å². The third-order valence-corrected chi connectivity index (χ3v) is 3.68. The van der Waals surface area contributed by atoms with Gasteiger partial charge in [0, 0.05) is 0 Å². The molecule has 1 aromatic rings. The molecule has 1 heterocycles. The zero-order valence-electron chi connectivity index (χ0n) is 11.5. The van der Waals surface area contributed by atoms with Gasteiger partial charge >= 0.3 is 0 Å². The first kappa shape index (κ1) is 14.0. The van der Waals surface area contributed by atoms with Crippen LogP contribution < -0.4 is 10.6 Å². The van der Waals surface area contributed by atoms with Crippen molar-refractivity contribution in [3.63, 3.8) is 0 Å². The van der Waals surface area contributed by atoms with Crippen molar-refractivity contribution in [3.8, 4) is 0 Å². The van der Waals surface area contributed by atoms with Crippen molar-refractivity contribution in [3.05, 3.63) is 35.1 Å². The normalized spacial score (nSPS) is 20.9. The molecule has 1 unspecified atom stereocenters. The Bertz CT molecular complexity index is 455. The molecule has 3 nitrogen and oxygen atoms in total. The quantitative estimate of drug-likeness (QED) is 0.880. The zero-order chi connectivity index (χ0) is 13.8. The topological polar surface area (TPSA) is 41.1 Å². The Labute approximate surface area is 113 Å². The Kier molecular flexibility index (Phi) is 4.53. The van der Waals surface area contributed by atoms with Crippen molar-refractivity contribution in [1.82, 2.24) is 10.6 Å². The summed E-state index contributed by atoms with van der Waals surface area (Å²) in [4.78, 5) is 12.1. The molecular formula is C15H21FN2O. The van der Waals surface area contributed by atoms with E-state index in [9.17, 15) is 9.18 Å². The fraction of sp³-hybridized carbons (Fsp3) is 0.533. The summed E-state index contributed by atoms with van der Waals surface area (Å²) in [5, 5.41) is 6.15. The number of nitrogens with one attached hydrogen (secondary N) is 2. The Balaban J connectivity index is 1.97. The number of carbonyl (C=O) groups is 1. The fourth-order valence-electron chi connectivity index (χ4n) is 2.35. The van der Waals surface area contributed by atoms with E-state index in [0.29, 0.717) is 5.56 Å². The molecule has 0 aromatic heterocycles. The lowest BCUT2D eigenvalue weighted by Crippen LogP contribution is -2.47. The molecule has 1 aliphatic heterocycles. The number of piperidine rings is 1. The van der Waals surface area contributed by atoms with Crippen molar-refractivity contribution < 1.29 is 9.18 Å². The molecule has 0 aliphatic carbocycles. The molecule has 4 heteroatoms. The lowest BCUT2D eigenvalue weighted by molar-refractivity contribution is -0.124. The van der Waals surface area contributed by atoms with Gasteiger partial charge in [0.05, 0.1) is 12.1 Å². The summed E-state index contributed by atoms with van der Waals surface area (Å²) in [6, 6.07) is 4.82. The number of amides is 1. The minimum absolute atomic E-state index is 0.00758. The van der Waals surface area contributed by atoms with Crippen LogP contribution in [0.15, 0.2) is 18.2 Å². The number of hydrogen-bond donors (Lipinski definition) is 2. The van der Waals surface area contributed by atoms with E-state index in [2.05, 4.69) is 10.6 Å². The standard InChI is InChI=1S/C15H21FN2O/c1-10-6-7-12(9-13(10)16)11(2)18-15(19)14-5-3-4-8-17-14/h6-7,9,11,14,17H,3-5,8H2,1-2H3,(H,18,19)/t11?,14-/m1/s1. The van der Waals surface area contributed by atoms with Gasteiger partial charge in [0.1, 0.15) is 5.82 Å². The van der Waals surface area contributed by atoms with Crippen LogP contribution >= 0.6 is 0 Å². The zero-order valence-corrected chi connectivity index (χ0v) is 11.5. The number of rotatable bonds is 3. The predicted octanol–water partition coefficient (Wildman–Crippen LogP) is 2.45. The Hall–Kier alpha value is -1.42. The van der Waals surface area contributed by atoms with E-state index >= 15 is 0 Å². The van der Waals surface area contributed by atoms with Gasteiger partial charge in [-0.3, -0.25) is 4.79 Å². The van der Waals surface area contributed by atoms with Crippen LogP contribution in [0.1, 0.15) is 43.4 Å². The Morgan fingerprint density at radius 2 is 2.26 bits per heavy atom. The van der Waals surface area contributed by atoms with E-state index in [1.165, 1.54) is 6.07 Å². The molecule has 1 saturated heterocycles. The molecule has 2 atom stereocenters. The highest BCUT2D eigenvalue weighted by atomic mass is 19.1. The highest BCUT2D eigenvalue weighted by Crippen LogP contribution is 2.17. The van der Waals surface area contributed by atoms with Crippen molar-refractivity contribution in [2.75, 3.05) is 6.54 Å². The minimum atomic E-state index is -0.227. The lowest BCUT2D eigenvalue weighted by Gasteiger charge is -2.24. The van der Waals surface area contributed by atoms with Crippen LogP contribution in [0.2, 0.25) is 0 Å². The van der Waals surface area contributed by atoms with E-state index in [0.717, 1.165) is 31.4 Å². The van der Waals surface area contributed by atoms with Crippen molar-refractivity contribution in [1.29, 1.82) is 0 Å². The average molecular weight is 264 g/mol. The molecular weight excluding hydrogens is 243 g/mol. The number of carbonyl (C=O) groups excluding carboxylic acids is 1. The van der Waals surface area contributed by atoms with E-state index in [1.54, 1.807) is 13.0 Å². The van der Waals surface area contributed by atoms with Crippen LogP contribution in [0.5, 0.6) is 0 Å². The van der Waals surface area contributed by atoms with Crippen LogP contribution in [0, 0.1) is 12.7 Å². The van der Waals surface area contributed by atoms with Crippen molar-refractivity contribution in [2.24, 2.45) is 0 Å². The van der Waals surface area contributed by atoms with Gasteiger partial charge in [0.15, 0.2) is 0 Å². The Morgan fingerprint density at radius 1 is 1.47 bits per heavy atom. The van der Waals surface area contributed by atoms with Gasteiger partial charge in [-0.05, 0) is 50.4 Å². The van der Waals surface area contributed by atoms with E-state index < -0.39 is 0 Å². The third-order valence-electron chi connectivity index (χ3n) is 3.68. The Morgan fingerprint density at radius 3 is 2.89 bits per heavy atom. The highest BCUT2D eigenvalue weighted by molar-refractivity contribution is 5.82. The summed E-state index contributed by atoms with van der Waals surface area (Å²) in [7, 11) is 0. The van der Waals surface area contributed by atoms with Gasteiger partial charge in [-0.2, -0.15) is 0 Å². The molecule has 1 aliphatic rings. The maximum atomic E-state index is 13.5. The summed E-state index contributed by atoms with van der Waals surface area (Å²) in [6.07, 6.45) is 3.09. The predicted molar refractivity (Wildman–Crippen MR) is 73.3 cm³/mol. The summed E-state index contributed by atoms with van der Waals surface area (Å²) in [5.74, 6) is -0.220. The number of benzene rings is 1. The van der Waals surface area contributed by atoms with Gasteiger partial charge in [0.2, 0.25) is 5.91 Å². The third kappa shape index (κ3) is 3.53. The van der Waals surface area contributed by atoms with Gasteiger partial charge in [-0.15, -0.1) is 0 Å². The fourth-order valence-corrected chi connectivity index (χ4v) is 2.35. The molecule has 0 spiro atoms. The van der Waals surface area contributed by atoms with Gasteiger partial charge < -0.3 is 10.6 Å². The molecule has 0 bridgehead atoms. The van der Waals surface area contributed by atoms with Crippen LogP contribution in [-0.2, 0) is 4.79 Å². The maximum absolute atomic E-state index is 13.5. The molecule has 1 fully saturated rings. The van der Waals surface area contributed by atoms with Crippen molar-refractivity contribution in [2.45, 2.75) is 45.2 Å². The van der Waals surface area contributed by atoms with E-state index in [1.807, 2.05) is 13.0 Å². The molecule has 2 N–H and O–H groups in total. The monoisotopic (exact) mass is 264 g/mol. The van der Waals surface area contributed by atoms with Gasteiger partial charge in [0.25, 0.3) is 0 Å². The van der Waals surface area contributed by atoms with Gasteiger partial charge in [-0.25, -0.2) is 4.39 Å². The molecule has 0 radical (unpaired) electrons. The second-order valence-electron chi connectivity index (χ2n) is 5.24. The number of aryl methyl sites for hydroxylation is 1. The van der Waals surface area contributed by atoms with Crippen LogP contribution in [0.4, 0.5) is 4.39 Å². The first-order valence-corrected chi connectivity index (χ1v) is 6.87. The molecule has 104 valence electrons. The molecule has 0 saturated carbocycles. The second kappa shape index (κ2) is 6.15.